The van der Waals surface area contributed by atoms with E-state index in [1.54, 1.807) is 11.3 Å². The van der Waals surface area contributed by atoms with Crippen molar-refractivity contribution in [2.24, 2.45) is 5.73 Å². The highest BCUT2D eigenvalue weighted by Gasteiger charge is 2.13. The normalized spacial score (nSPS) is 13.1. The number of nitrogens with zero attached hydrogens (tertiary/aromatic N) is 2. The third kappa shape index (κ3) is 3.57. The molecule has 0 aromatic carbocycles. The molecular weight excluding hydrogens is 220 g/mol. The summed E-state index contributed by atoms with van der Waals surface area (Å²) in [5.41, 5.74) is 6.51. The van der Waals surface area contributed by atoms with Gasteiger partial charge in [0.2, 0.25) is 0 Å². The maximum atomic E-state index is 7.27. The van der Waals surface area contributed by atoms with Gasteiger partial charge in [-0.1, -0.05) is 0 Å². The molecule has 1 aromatic rings. The molecule has 3 N–H and O–H groups in total. The minimum Gasteiger partial charge on any atom is -0.388 e. The van der Waals surface area contributed by atoms with Gasteiger partial charge < -0.3 is 5.73 Å². The van der Waals surface area contributed by atoms with Crippen LogP contribution in [0.1, 0.15) is 28.9 Å². The first kappa shape index (κ1) is 13.1. The number of hydrogen-bond acceptors (Lipinski definition) is 4. The summed E-state index contributed by atoms with van der Waals surface area (Å²) >= 11 is 1.74. The summed E-state index contributed by atoms with van der Waals surface area (Å²) in [6, 6.07) is 0.280. The summed E-state index contributed by atoms with van der Waals surface area (Å²) in [7, 11) is 2.04. The molecule has 1 atom stereocenters. The summed E-state index contributed by atoms with van der Waals surface area (Å²) < 4.78 is 0. The molecule has 0 radical (unpaired) electrons. The van der Waals surface area contributed by atoms with Gasteiger partial charge in [0.15, 0.2) is 0 Å². The van der Waals surface area contributed by atoms with Crippen LogP contribution >= 0.6 is 11.3 Å². The van der Waals surface area contributed by atoms with Gasteiger partial charge in [0.25, 0.3) is 0 Å². The van der Waals surface area contributed by atoms with E-state index in [9.17, 15) is 0 Å². The van der Waals surface area contributed by atoms with Crippen LogP contribution in [0.2, 0.25) is 0 Å². The first-order valence-electron chi connectivity index (χ1n) is 5.36. The summed E-state index contributed by atoms with van der Waals surface area (Å²) in [4.78, 5) is 7.96. The molecule has 0 aliphatic rings. The van der Waals surface area contributed by atoms with Crippen molar-refractivity contribution in [1.82, 2.24) is 9.88 Å². The van der Waals surface area contributed by atoms with Gasteiger partial charge >= 0.3 is 0 Å². The minimum absolute atomic E-state index is 0.242. The monoisotopic (exact) mass is 240 g/mol. The van der Waals surface area contributed by atoms with Crippen molar-refractivity contribution in [3.05, 3.63) is 15.6 Å². The Morgan fingerprint density at radius 1 is 1.56 bits per heavy atom. The van der Waals surface area contributed by atoms with E-state index in [0.29, 0.717) is 6.42 Å². The molecule has 0 saturated carbocycles. The molecule has 16 heavy (non-hydrogen) atoms. The van der Waals surface area contributed by atoms with Crippen LogP contribution in [-0.4, -0.2) is 28.8 Å². The van der Waals surface area contributed by atoms with Crippen molar-refractivity contribution in [3.8, 4) is 0 Å². The van der Waals surface area contributed by atoms with Crippen molar-refractivity contribution < 1.29 is 0 Å². The topological polar surface area (TPSA) is 66.0 Å². The van der Waals surface area contributed by atoms with Crippen LogP contribution in [0.25, 0.3) is 0 Å². The molecule has 5 heteroatoms. The second-order valence-corrected chi connectivity index (χ2v) is 5.53. The molecule has 0 aliphatic carbocycles. The molecule has 0 amide bonds. The third-order valence-electron chi connectivity index (χ3n) is 2.73. The standard InChI is InChI=1S/C11H20N4S/c1-7(5-10(12)13)15(4)6-11-14-8(2)9(3)16-11/h7H,5-6H2,1-4H3,(H3,12,13). The zero-order chi connectivity index (χ0) is 12.3. The predicted octanol–water partition coefficient (Wildman–Crippen LogP) is 1.91. The number of aromatic nitrogens is 1. The minimum atomic E-state index is 0.242. The maximum absolute atomic E-state index is 7.27. The van der Waals surface area contributed by atoms with E-state index in [2.05, 4.69) is 23.7 Å². The van der Waals surface area contributed by atoms with E-state index >= 15 is 0 Å². The lowest BCUT2D eigenvalue weighted by atomic mass is 10.2. The number of hydrogen-bond donors (Lipinski definition) is 2. The molecule has 0 spiro atoms. The van der Waals surface area contributed by atoms with Gasteiger partial charge in [-0.25, -0.2) is 4.98 Å². The quantitative estimate of drug-likeness (QED) is 0.610. The van der Waals surface area contributed by atoms with Gasteiger partial charge in [-0.2, -0.15) is 0 Å². The molecule has 0 fully saturated rings. The number of thiazole rings is 1. The molecule has 4 nitrogen and oxygen atoms in total. The highest BCUT2D eigenvalue weighted by Crippen LogP contribution is 2.18. The summed E-state index contributed by atoms with van der Waals surface area (Å²) in [6.45, 7) is 7.03. The zero-order valence-corrected chi connectivity index (χ0v) is 11.2. The summed E-state index contributed by atoms with van der Waals surface area (Å²) in [5, 5.41) is 8.41. The van der Waals surface area contributed by atoms with Gasteiger partial charge in [0, 0.05) is 17.3 Å². The number of aryl methyl sites for hydroxylation is 2. The third-order valence-corrected chi connectivity index (χ3v) is 3.78. The van der Waals surface area contributed by atoms with Crippen LogP contribution in [0.3, 0.4) is 0 Å². The van der Waals surface area contributed by atoms with E-state index in [4.69, 9.17) is 11.1 Å². The fourth-order valence-corrected chi connectivity index (χ4v) is 2.45. The molecule has 90 valence electrons. The van der Waals surface area contributed by atoms with Crippen LogP contribution in [0, 0.1) is 19.3 Å². The van der Waals surface area contributed by atoms with E-state index in [1.165, 1.54) is 4.88 Å². The maximum Gasteiger partial charge on any atom is 0.107 e. The number of rotatable bonds is 5. The van der Waals surface area contributed by atoms with Crippen molar-refractivity contribution in [3.63, 3.8) is 0 Å². The van der Waals surface area contributed by atoms with Gasteiger partial charge in [-0.3, -0.25) is 10.3 Å². The highest BCUT2D eigenvalue weighted by molar-refractivity contribution is 7.11. The van der Waals surface area contributed by atoms with Crippen molar-refractivity contribution in [2.45, 2.75) is 39.8 Å². The molecule has 0 aliphatic heterocycles. The summed E-state index contributed by atoms with van der Waals surface area (Å²) in [6.07, 6.45) is 0.611. The van der Waals surface area contributed by atoms with Crippen molar-refractivity contribution in [2.75, 3.05) is 7.05 Å². The van der Waals surface area contributed by atoms with Crippen molar-refractivity contribution in [1.29, 1.82) is 5.41 Å². The lowest BCUT2D eigenvalue weighted by Crippen LogP contribution is -2.32. The van der Waals surface area contributed by atoms with Crippen LogP contribution in [0.4, 0.5) is 0 Å². The number of nitrogens with two attached hydrogens (primary N) is 1. The lowest BCUT2D eigenvalue weighted by molar-refractivity contribution is 0.254. The van der Waals surface area contributed by atoms with E-state index in [1.807, 2.05) is 14.0 Å². The van der Waals surface area contributed by atoms with Crippen LogP contribution in [0.5, 0.6) is 0 Å². The Morgan fingerprint density at radius 3 is 2.62 bits per heavy atom. The Labute approximate surface area is 101 Å². The van der Waals surface area contributed by atoms with E-state index in [0.717, 1.165) is 17.2 Å². The first-order chi connectivity index (χ1) is 7.40. The molecule has 1 heterocycles. The van der Waals surface area contributed by atoms with E-state index < -0.39 is 0 Å². The van der Waals surface area contributed by atoms with Gasteiger partial charge in [0.05, 0.1) is 18.1 Å². The molecule has 1 rings (SSSR count). The Kier molecular flexibility index (Phi) is 4.44. The fraction of sp³-hybridized carbons (Fsp3) is 0.636. The smallest absolute Gasteiger partial charge is 0.107 e. The van der Waals surface area contributed by atoms with Gasteiger partial charge in [-0.05, 0) is 27.8 Å². The van der Waals surface area contributed by atoms with Crippen molar-refractivity contribution >= 4 is 17.2 Å². The predicted molar refractivity (Wildman–Crippen MR) is 69.0 cm³/mol. The lowest BCUT2D eigenvalue weighted by Gasteiger charge is -2.22. The van der Waals surface area contributed by atoms with Gasteiger partial charge in [-0.15, -0.1) is 11.3 Å². The average molecular weight is 240 g/mol. The molecule has 1 unspecified atom stereocenters. The van der Waals surface area contributed by atoms with Crippen LogP contribution in [0.15, 0.2) is 0 Å². The Balaban J connectivity index is 2.56. The molecular formula is C11H20N4S. The fourth-order valence-electron chi connectivity index (χ4n) is 1.45. The Morgan fingerprint density at radius 2 is 2.19 bits per heavy atom. The molecule has 0 bridgehead atoms. The summed E-state index contributed by atoms with van der Waals surface area (Å²) in [5.74, 6) is 0.242. The Bertz CT molecular complexity index is 353. The highest BCUT2D eigenvalue weighted by atomic mass is 32.1. The Hall–Kier alpha value is -0.940. The van der Waals surface area contributed by atoms with Crippen LogP contribution in [-0.2, 0) is 6.54 Å². The molecule has 0 saturated heterocycles. The van der Waals surface area contributed by atoms with Crippen LogP contribution < -0.4 is 5.73 Å². The number of nitrogens with one attached hydrogen (secondary N) is 1. The SMILES string of the molecule is Cc1nc(CN(C)C(C)CC(=N)N)sc1C. The second kappa shape index (κ2) is 5.41. The molecule has 1 aromatic heterocycles. The first-order valence-corrected chi connectivity index (χ1v) is 6.17. The number of amidine groups is 1. The van der Waals surface area contributed by atoms with E-state index in [-0.39, 0.29) is 11.9 Å². The average Bonchev–Trinajstić information content (AvgIpc) is 2.44. The largest absolute Gasteiger partial charge is 0.388 e. The van der Waals surface area contributed by atoms with Gasteiger partial charge in [0.1, 0.15) is 5.01 Å². The second-order valence-electron chi connectivity index (χ2n) is 4.24. The zero-order valence-electron chi connectivity index (χ0n) is 10.4.